The molecule has 0 amide bonds. The van der Waals surface area contributed by atoms with Crippen molar-refractivity contribution in [1.29, 1.82) is 0 Å². The molecule has 1 aliphatic heterocycles. The van der Waals surface area contributed by atoms with E-state index in [4.69, 9.17) is 5.26 Å². The zero-order chi connectivity index (χ0) is 13.3. The van der Waals surface area contributed by atoms with Crippen LogP contribution in [-0.2, 0) is 9.68 Å². The predicted molar refractivity (Wildman–Crippen MR) is 69.1 cm³/mol. The van der Waals surface area contributed by atoms with Gasteiger partial charge < -0.3 is 10.2 Å². The maximum atomic E-state index is 11.6. The second-order valence-electron chi connectivity index (χ2n) is 5.08. The summed E-state index contributed by atoms with van der Waals surface area (Å²) in [5.41, 5.74) is 1.72. The first kappa shape index (κ1) is 12.4. The van der Waals surface area contributed by atoms with Gasteiger partial charge in [-0.05, 0) is 32.9 Å². The van der Waals surface area contributed by atoms with Gasteiger partial charge in [-0.15, -0.1) is 0 Å². The van der Waals surface area contributed by atoms with Gasteiger partial charge in [-0.25, -0.2) is 4.79 Å². The number of rotatable bonds is 1. The van der Waals surface area contributed by atoms with Gasteiger partial charge in [0.2, 0.25) is 0 Å². The van der Waals surface area contributed by atoms with Crippen molar-refractivity contribution in [1.82, 2.24) is 0 Å². The number of anilines is 2. The molecule has 0 radical (unpaired) electrons. The van der Waals surface area contributed by atoms with E-state index in [2.05, 4.69) is 10.2 Å². The molecule has 1 heterocycles. The van der Waals surface area contributed by atoms with E-state index in [1.165, 1.54) is 6.20 Å². The molecule has 0 bridgehead atoms. The monoisotopic (exact) mass is 248 g/mol. The first-order valence-corrected chi connectivity index (χ1v) is 5.67. The SMILES string of the molecule is CC(C)(C)N1C(C(=O)OO)=CNc2ccccc21. The number of nitrogens with zero attached hydrogens (tertiary/aromatic N) is 1. The third-order valence-electron chi connectivity index (χ3n) is 2.71. The zero-order valence-corrected chi connectivity index (χ0v) is 10.6. The second kappa shape index (κ2) is 4.34. The minimum atomic E-state index is -0.785. The molecule has 96 valence electrons. The van der Waals surface area contributed by atoms with Crippen LogP contribution in [0.3, 0.4) is 0 Å². The lowest BCUT2D eigenvalue weighted by atomic mass is 10.0. The summed E-state index contributed by atoms with van der Waals surface area (Å²) < 4.78 is 0. The van der Waals surface area contributed by atoms with Crippen molar-refractivity contribution in [2.75, 3.05) is 10.2 Å². The average Bonchev–Trinajstić information content (AvgIpc) is 2.35. The Bertz CT molecular complexity index is 503. The number of fused-ring (bicyclic) bond motifs is 1. The lowest BCUT2D eigenvalue weighted by Crippen LogP contribution is -2.45. The van der Waals surface area contributed by atoms with E-state index in [-0.39, 0.29) is 11.2 Å². The molecule has 1 aliphatic rings. The minimum Gasteiger partial charge on any atom is -0.358 e. The van der Waals surface area contributed by atoms with Crippen molar-refractivity contribution in [3.63, 3.8) is 0 Å². The molecule has 0 unspecified atom stereocenters. The van der Waals surface area contributed by atoms with Gasteiger partial charge in [0, 0.05) is 11.7 Å². The molecule has 5 nitrogen and oxygen atoms in total. The van der Waals surface area contributed by atoms with Gasteiger partial charge in [0.05, 0.1) is 11.4 Å². The Morgan fingerprint density at radius 2 is 2.00 bits per heavy atom. The molecular formula is C13H16N2O3. The largest absolute Gasteiger partial charge is 0.390 e. The van der Waals surface area contributed by atoms with Crippen molar-refractivity contribution in [2.24, 2.45) is 0 Å². The molecule has 2 N–H and O–H groups in total. The first-order chi connectivity index (χ1) is 8.45. The van der Waals surface area contributed by atoms with Crippen molar-refractivity contribution in [2.45, 2.75) is 26.3 Å². The molecule has 0 aromatic heterocycles. The number of carbonyl (C=O) groups excluding carboxylic acids is 1. The Kier molecular flexibility index (Phi) is 3.00. The summed E-state index contributed by atoms with van der Waals surface area (Å²) in [7, 11) is 0. The highest BCUT2D eigenvalue weighted by Crippen LogP contribution is 2.37. The minimum absolute atomic E-state index is 0.267. The quantitative estimate of drug-likeness (QED) is 0.591. The number of hydrogen-bond acceptors (Lipinski definition) is 5. The van der Waals surface area contributed by atoms with Crippen LogP contribution in [-0.4, -0.2) is 16.8 Å². The molecule has 0 saturated carbocycles. The fourth-order valence-corrected chi connectivity index (χ4v) is 2.05. The Morgan fingerprint density at radius 1 is 1.33 bits per heavy atom. The second-order valence-corrected chi connectivity index (χ2v) is 5.08. The fraction of sp³-hybridized carbons (Fsp3) is 0.308. The molecule has 0 saturated heterocycles. The molecule has 0 aliphatic carbocycles. The van der Waals surface area contributed by atoms with Crippen molar-refractivity contribution >= 4 is 17.3 Å². The summed E-state index contributed by atoms with van der Waals surface area (Å²) in [5, 5.41) is 11.6. The molecule has 18 heavy (non-hydrogen) atoms. The zero-order valence-electron chi connectivity index (χ0n) is 10.6. The number of carbonyl (C=O) groups is 1. The van der Waals surface area contributed by atoms with Gasteiger partial charge in [-0.2, -0.15) is 5.26 Å². The normalized spacial score (nSPS) is 14.4. The number of nitrogens with one attached hydrogen (secondary N) is 1. The van der Waals surface area contributed by atoms with Crippen LogP contribution in [0.2, 0.25) is 0 Å². The van der Waals surface area contributed by atoms with Gasteiger partial charge in [0.15, 0.2) is 0 Å². The van der Waals surface area contributed by atoms with Crippen LogP contribution in [0.5, 0.6) is 0 Å². The van der Waals surface area contributed by atoms with E-state index in [1.807, 2.05) is 49.9 Å². The molecule has 0 spiro atoms. The van der Waals surface area contributed by atoms with Gasteiger partial charge in [0.25, 0.3) is 0 Å². The molecule has 1 aromatic rings. The van der Waals surface area contributed by atoms with Crippen LogP contribution >= 0.6 is 0 Å². The van der Waals surface area contributed by atoms with Gasteiger partial charge in [-0.3, -0.25) is 4.89 Å². The standard InChI is InChI=1S/C13H16N2O3/c1-13(2,3)15-10-7-5-4-6-9(10)14-8-11(15)12(16)18-17/h4-8,14,17H,1-3H3. The van der Waals surface area contributed by atoms with Gasteiger partial charge in [0.1, 0.15) is 5.70 Å². The third kappa shape index (κ3) is 2.04. The molecular weight excluding hydrogens is 232 g/mol. The lowest BCUT2D eigenvalue weighted by Gasteiger charge is -2.40. The van der Waals surface area contributed by atoms with E-state index in [1.54, 1.807) is 0 Å². The summed E-state index contributed by atoms with van der Waals surface area (Å²) in [6.07, 6.45) is 1.53. The predicted octanol–water partition coefficient (Wildman–Crippen LogP) is 2.57. The van der Waals surface area contributed by atoms with Gasteiger partial charge >= 0.3 is 5.97 Å². The third-order valence-corrected chi connectivity index (χ3v) is 2.71. The van der Waals surface area contributed by atoms with Crippen molar-refractivity contribution in [3.8, 4) is 0 Å². The van der Waals surface area contributed by atoms with E-state index in [0.717, 1.165) is 11.4 Å². The van der Waals surface area contributed by atoms with Crippen LogP contribution in [0, 0.1) is 0 Å². The summed E-state index contributed by atoms with van der Waals surface area (Å²) in [4.78, 5) is 17.3. The summed E-state index contributed by atoms with van der Waals surface area (Å²) in [5.74, 6) is -0.785. The molecule has 1 aromatic carbocycles. The Balaban J connectivity index is 2.53. The number of hydrogen-bond donors (Lipinski definition) is 2. The smallest absolute Gasteiger partial charge is 0.358 e. The van der Waals surface area contributed by atoms with Crippen LogP contribution in [0.15, 0.2) is 36.2 Å². The average molecular weight is 248 g/mol. The Hall–Kier alpha value is -2.01. The topological polar surface area (TPSA) is 61.8 Å². The van der Waals surface area contributed by atoms with Crippen molar-refractivity contribution in [3.05, 3.63) is 36.2 Å². The van der Waals surface area contributed by atoms with Crippen LogP contribution in [0.25, 0.3) is 0 Å². The van der Waals surface area contributed by atoms with E-state index in [0.29, 0.717) is 0 Å². The maximum absolute atomic E-state index is 11.6. The Morgan fingerprint density at radius 3 is 2.61 bits per heavy atom. The number of benzene rings is 1. The fourth-order valence-electron chi connectivity index (χ4n) is 2.05. The van der Waals surface area contributed by atoms with E-state index >= 15 is 0 Å². The summed E-state index contributed by atoms with van der Waals surface area (Å²) in [6, 6.07) is 7.64. The maximum Gasteiger partial charge on any atom is 0.390 e. The van der Waals surface area contributed by atoms with Crippen LogP contribution in [0.1, 0.15) is 20.8 Å². The summed E-state index contributed by atoms with van der Waals surface area (Å²) >= 11 is 0. The van der Waals surface area contributed by atoms with Crippen LogP contribution in [0.4, 0.5) is 11.4 Å². The van der Waals surface area contributed by atoms with Crippen molar-refractivity contribution < 1.29 is 14.9 Å². The molecule has 0 atom stereocenters. The van der Waals surface area contributed by atoms with E-state index in [9.17, 15) is 4.79 Å². The molecule has 2 rings (SSSR count). The lowest BCUT2D eigenvalue weighted by molar-refractivity contribution is -0.229. The molecule has 0 fully saturated rings. The highest BCUT2D eigenvalue weighted by Gasteiger charge is 2.33. The summed E-state index contributed by atoms with van der Waals surface area (Å²) in [6.45, 7) is 5.94. The highest BCUT2D eigenvalue weighted by molar-refractivity contribution is 5.96. The Labute approximate surface area is 106 Å². The number of para-hydroxylation sites is 2. The molecule has 5 heteroatoms. The van der Waals surface area contributed by atoms with E-state index < -0.39 is 5.97 Å². The van der Waals surface area contributed by atoms with Gasteiger partial charge in [-0.1, -0.05) is 12.1 Å². The van der Waals surface area contributed by atoms with Crippen LogP contribution < -0.4 is 10.2 Å². The first-order valence-electron chi connectivity index (χ1n) is 5.67. The highest BCUT2D eigenvalue weighted by atomic mass is 17.1.